The van der Waals surface area contributed by atoms with Crippen LogP contribution < -0.4 is 0 Å². The van der Waals surface area contributed by atoms with Gasteiger partial charge < -0.3 is 5.11 Å². The predicted octanol–water partition coefficient (Wildman–Crippen LogP) is 4.75. The summed E-state index contributed by atoms with van der Waals surface area (Å²) in [7, 11) is 0. The van der Waals surface area contributed by atoms with Crippen LogP contribution in [0.4, 0.5) is 0 Å². The molecule has 152 valence electrons. The summed E-state index contributed by atoms with van der Waals surface area (Å²) in [6.07, 6.45) is 5.50. The van der Waals surface area contributed by atoms with Crippen LogP contribution in [0.3, 0.4) is 0 Å². The number of nitrogens with zero attached hydrogens (tertiary/aromatic N) is 3. The lowest BCUT2D eigenvalue weighted by Crippen LogP contribution is -2.33. The van der Waals surface area contributed by atoms with Crippen molar-refractivity contribution in [3.63, 3.8) is 0 Å². The van der Waals surface area contributed by atoms with Crippen molar-refractivity contribution in [3.8, 4) is 16.9 Å². The van der Waals surface area contributed by atoms with E-state index in [1.807, 2.05) is 0 Å². The van der Waals surface area contributed by atoms with Gasteiger partial charge in [0.2, 0.25) is 0 Å². The number of aliphatic hydroxyl groups excluding tert-OH is 1. The second-order valence-corrected chi connectivity index (χ2v) is 8.34. The van der Waals surface area contributed by atoms with Crippen LogP contribution in [0.2, 0.25) is 0 Å². The molecule has 1 aliphatic heterocycles. The molecule has 1 aromatic heterocycles. The van der Waals surface area contributed by atoms with E-state index in [1.54, 1.807) is 0 Å². The zero-order chi connectivity index (χ0) is 20.2. The third-order valence-electron chi connectivity index (χ3n) is 6.09. The fourth-order valence-corrected chi connectivity index (χ4v) is 4.31. The van der Waals surface area contributed by atoms with Gasteiger partial charge in [0.15, 0.2) is 0 Å². The fourth-order valence-electron chi connectivity index (χ4n) is 4.31. The lowest BCUT2D eigenvalue weighted by atomic mass is 9.93. The van der Waals surface area contributed by atoms with Gasteiger partial charge >= 0.3 is 0 Å². The number of piperidine rings is 1. The second-order valence-electron chi connectivity index (χ2n) is 8.34. The summed E-state index contributed by atoms with van der Waals surface area (Å²) in [5, 5.41) is 14.2. The SMILES string of the molecule is Cc1ccc(C)c(-n2cc(CN3CCC(CCO)CC3)c(-c3ccccc3)n2)c1. The van der Waals surface area contributed by atoms with Crippen LogP contribution in [-0.4, -0.2) is 39.5 Å². The first kappa shape index (κ1) is 19.9. The molecule has 4 heteroatoms. The molecule has 0 bridgehead atoms. The quantitative estimate of drug-likeness (QED) is 0.661. The highest BCUT2D eigenvalue weighted by Crippen LogP contribution is 2.28. The van der Waals surface area contributed by atoms with Crippen LogP contribution in [0.1, 0.15) is 36.0 Å². The maximum Gasteiger partial charge on any atom is 0.0972 e. The summed E-state index contributed by atoms with van der Waals surface area (Å²) in [5.74, 6) is 0.669. The first-order chi connectivity index (χ1) is 14.1. The first-order valence-electron chi connectivity index (χ1n) is 10.7. The molecule has 0 unspecified atom stereocenters. The Bertz CT molecular complexity index is 940. The number of aliphatic hydroxyl groups is 1. The van der Waals surface area contributed by atoms with E-state index in [0.717, 1.165) is 37.4 Å². The summed E-state index contributed by atoms with van der Waals surface area (Å²) >= 11 is 0. The van der Waals surface area contributed by atoms with Gasteiger partial charge in [-0.25, -0.2) is 4.68 Å². The number of benzene rings is 2. The Morgan fingerprint density at radius 2 is 1.79 bits per heavy atom. The van der Waals surface area contributed by atoms with Crippen molar-refractivity contribution in [2.24, 2.45) is 5.92 Å². The van der Waals surface area contributed by atoms with Crippen LogP contribution in [-0.2, 0) is 6.54 Å². The van der Waals surface area contributed by atoms with Gasteiger partial charge in [0.1, 0.15) is 0 Å². The number of hydrogen-bond acceptors (Lipinski definition) is 3. The van der Waals surface area contributed by atoms with Crippen LogP contribution >= 0.6 is 0 Å². The number of hydrogen-bond donors (Lipinski definition) is 1. The maximum absolute atomic E-state index is 9.21. The number of likely N-dealkylation sites (tertiary alicyclic amines) is 1. The zero-order valence-corrected chi connectivity index (χ0v) is 17.5. The van der Waals surface area contributed by atoms with E-state index in [9.17, 15) is 5.11 Å². The lowest BCUT2D eigenvalue weighted by molar-refractivity contribution is 0.153. The Kier molecular flexibility index (Phi) is 6.12. The minimum absolute atomic E-state index is 0.311. The Hall–Kier alpha value is -2.43. The van der Waals surface area contributed by atoms with E-state index in [1.165, 1.54) is 35.1 Å². The molecule has 0 atom stereocenters. The van der Waals surface area contributed by atoms with Crippen LogP contribution in [0.15, 0.2) is 54.7 Å². The van der Waals surface area contributed by atoms with Gasteiger partial charge in [0.05, 0.1) is 11.4 Å². The average molecular weight is 390 g/mol. The predicted molar refractivity (Wildman–Crippen MR) is 118 cm³/mol. The highest BCUT2D eigenvalue weighted by molar-refractivity contribution is 5.63. The maximum atomic E-state index is 9.21. The average Bonchev–Trinajstić information content (AvgIpc) is 3.15. The highest BCUT2D eigenvalue weighted by atomic mass is 16.3. The monoisotopic (exact) mass is 389 g/mol. The molecule has 0 amide bonds. The molecule has 2 heterocycles. The molecule has 4 rings (SSSR count). The van der Waals surface area contributed by atoms with Gasteiger partial charge in [-0.3, -0.25) is 4.90 Å². The van der Waals surface area contributed by atoms with Gasteiger partial charge in [-0.05, 0) is 69.3 Å². The Balaban J connectivity index is 1.63. The molecule has 0 aliphatic carbocycles. The fraction of sp³-hybridized carbons (Fsp3) is 0.400. The van der Waals surface area contributed by atoms with Crippen LogP contribution in [0.5, 0.6) is 0 Å². The molecule has 4 nitrogen and oxygen atoms in total. The van der Waals surface area contributed by atoms with E-state index in [2.05, 4.69) is 78.2 Å². The van der Waals surface area contributed by atoms with Crippen molar-refractivity contribution < 1.29 is 5.11 Å². The molecule has 0 saturated carbocycles. The minimum atomic E-state index is 0.311. The van der Waals surface area contributed by atoms with Crippen molar-refractivity contribution in [3.05, 3.63) is 71.4 Å². The molecule has 1 aliphatic rings. The Labute approximate surface area is 173 Å². The third-order valence-corrected chi connectivity index (χ3v) is 6.09. The molecular formula is C25H31N3O. The second kappa shape index (κ2) is 8.93. The summed E-state index contributed by atoms with van der Waals surface area (Å²) in [6, 6.07) is 17.0. The molecule has 1 fully saturated rings. The molecule has 1 N–H and O–H groups in total. The summed E-state index contributed by atoms with van der Waals surface area (Å²) in [6.45, 7) is 7.68. The number of aromatic nitrogens is 2. The molecule has 0 radical (unpaired) electrons. The van der Waals surface area contributed by atoms with E-state index >= 15 is 0 Å². The van der Waals surface area contributed by atoms with Gasteiger partial charge in [0, 0.05) is 30.5 Å². The van der Waals surface area contributed by atoms with E-state index in [0.29, 0.717) is 12.5 Å². The molecular weight excluding hydrogens is 358 g/mol. The molecule has 0 spiro atoms. The Morgan fingerprint density at radius 1 is 1.03 bits per heavy atom. The first-order valence-corrected chi connectivity index (χ1v) is 10.7. The van der Waals surface area contributed by atoms with Gasteiger partial charge in [0.25, 0.3) is 0 Å². The summed E-state index contributed by atoms with van der Waals surface area (Å²) in [4.78, 5) is 2.53. The third kappa shape index (κ3) is 4.60. The van der Waals surface area contributed by atoms with Gasteiger partial charge in [-0.15, -0.1) is 0 Å². The number of aryl methyl sites for hydroxylation is 2. The topological polar surface area (TPSA) is 41.3 Å². The van der Waals surface area contributed by atoms with Crippen molar-refractivity contribution in [1.82, 2.24) is 14.7 Å². The van der Waals surface area contributed by atoms with Crippen LogP contribution in [0, 0.1) is 19.8 Å². The smallest absolute Gasteiger partial charge is 0.0972 e. The normalized spacial score (nSPS) is 15.7. The highest BCUT2D eigenvalue weighted by Gasteiger charge is 2.21. The minimum Gasteiger partial charge on any atom is -0.396 e. The van der Waals surface area contributed by atoms with Gasteiger partial charge in [-0.2, -0.15) is 5.10 Å². The van der Waals surface area contributed by atoms with Crippen molar-refractivity contribution in [1.29, 1.82) is 0 Å². The van der Waals surface area contributed by atoms with E-state index in [4.69, 9.17) is 5.10 Å². The Morgan fingerprint density at radius 3 is 2.52 bits per heavy atom. The van der Waals surface area contributed by atoms with Crippen LogP contribution in [0.25, 0.3) is 16.9 Å². The van der Waals surface area contributed by atoms with E-state index in [-0.39, 0.29) is 0 Å². The summed E-state index contributed by atoms with van der Waals surface area (Å²) < 4.78 is 2.05. The number of rotatable bonds is 6. The molecule has 29 heavy (non-hydrogen) atoms. The van der Waals surface area contributed by atoms with Gasteiger partial charge in [-0.1, -0.05) is 42.5 Å². The largest absolute Gasteiger partial charge is 0.396 e. The van der Waals surface area contributed by atoms with Crippen molar-refractivity contribution in [2.75, 3.05) is 19.7 Å². The standard InChI is InChI=1S/C25H31N3O/c1-19-8-9-20(2)24(16-19)28-18-23(25(26-28)22-6-4-3-5-7-22)17-27-13-10-21(11-14-27)12-15-29/h3-9,16,18,21,29H,10-15,17H2,1-2H3. The lowest BCUT2D eigenvalue weighted by Gasteiger charge is -2.31. The van der Waals surface area contributed by atoms with Crippen molar-refractivity contribution in [2.45, 2.75) is 39.7 Å². The van der Waals surface area contributed by atoms with Crippen molar-refractivity contribution >= 4 is 0 Å². The molecule has 3 aromatic rings. The molecule has 1 saturated heterocycles. The zero-order valence-electron chi connectivity index (χ0n) is 17.5. The summed E-state index contributed by atoms with van der Waals surface area (Å²) in [5.41, 5.74) is 7.14. The molecule has 2 aromatic carbocycles. The van der Waals surface area contributed by atoms with E-state index < -0.39 is 0 Å².